The van der Waals surface area contributed by atoms with Crippen LogP contribution in [0.15, 0.2) is 12.3 Å². The molecule has 0 amide bonds. The second-order valence-electron chi connectivity index (χ2n) is 3.02. The zero-order valence-corrected chi connectivity index (χ0v) is 12.2. The number of ether oxygens (including phenoxy) is 1. The minimum absolute atomic E-state index is 0. The molecule has 0 heterocycles. The van der Waals surface area contributed by atoms with Crippen molar-refractivity contribution in [1.82, 2.24) is 0 Å². The predicted octanol–water partition coefficient (Wildman–Crippen LogP) is 1.19. The predicted molar refractivity (Wildman–Crippen MR) is 63.8 cm³/mol. The topological polar surface area (TPSA) is 29.5 Å². The summed E-state index contributed by atoms with van der Waals surface area (Å²) < 4.78 is 4.83. The summed E-state index contributed by atoms with van der Waals surface area (Å²) in [6.07, 6.45) is 9.06. The standard InChI is InChI=1S/C8H16O.C4H10O.Cu.Li.H/c1-2-3-4-5-6-7-8-9;1-3-5-4-2;;;/h7-9H,2-6H2,1H3;3-4H2,1-2H3;;;/q;;;+1;-1/b8-7+;;;;. The zero-order valence-electron chi connectivity index (χ0n) is 12.3. The van der Waals surface area contributed by atoms with Crippen LogP contribution in [0, 0.1) is 0 Å². The molecule has 0 fully saturated rings. The Balaban J connectivity index is -0.0000000533. The van der Waals surface area contributed by atoms with E-state index in [1.54, 1.807) is 6.08 Å². The summed E-state index contributed by atoms with van der Waals surface area (Å²) in [5.74, 6) is 0. The normalized spacial score (nSPS) is 8.69. The van der Waals surface area contributed by atoms with Gasteiger partial charge in [0.2, 0.25) is 0 Å². The smallest absolute Gasteiger partial charge is 1.00 e. The van der Waals surface area contributed by atoms with Crippen LogP contribution < -0.4 is 18.9 Å². The van der Waals surface area contributed by atoms with Crippen molar-refractivity contribution in [2.75, 3.05) is 13.2 Å². The minimum atomic E-state index is 0. The molecule has 0 spiro atoms. The molecule has 16 heavy (non-hydrogen) atoms. The minimum Gasteiger partial charge on any atom is -1.00 e. The molecule has 0 aliphatic rings. The molecule has 0 rings (SSSR count). The molecule has 0 aromatic rings. The van der Waals surface area contributed by atoms with Gasteiger partial charge < -0.3 is 11.3 Å². The summed E-state index contributed by atoms with van der Waals surface area (Å²) in [4.78, 5) is 0. The van der Waals surface area contributed by atoms with E-state index >= 15 is 0 Å². The van der Waals surface area contributed by atoms with Crippen LogP contribution >= 0.6 is 0 Å². The first-order chi connectivity index (χ1) is 6.83. The second kappa shape index (κ2) is 29.6. The van der Waals surface area contributed by atoms with Crippen LogP contribution in [0.5, 0.6) is 0 Å². The Labute approximate surface area is 125 Å². The first kappa shape index (κ1) is 25.5. The van der Waals surface area contributed by atoms with Crippen LogP contribution in [0.2, 0.25) is 0 Å². The van der Waals surface area contributed by atoms with Gasteiger partial charge in [-0.2, -0.15) is 0 Å². The van der Waals surface area contributed by atoms with E-state index in [0.29, 0.717) is 0 Å². The SMILES string of the molecule is CCCCCC/C=C/O.CCOCC.[Cu].[H-].[Li+]. The van der Waals surface area contributed by atoms with Gasteiger partial charge in [-0.05, 0) is 26.7 Å². The van der Waals surface area contributed by atoms with Crippen molar-refractivity contribution in [1.29, 1.82) is 0 Å². The largest absolute Gasteiger partial charge is 1.00 e. The molecule has 0 atom stereocenters. The number of aliphatic hydroxyl groups is 1. The van der Waals surface area contributed by atoms with Crippen LogP contribution in [-0.2, 0) is 21.8 Å². The van der Waals surface area contributed by atoms with E-state index in [1.165, 1.54) is 25.7 Å². The third kappa shape index (κ3) is 36.5. The summed E-state index contributed by atoms with van der Waals surface area (Å²) in [6.45, 7) is 7.86. The molecule has 0 aliphatic carbocycles. The van der Waals surface area contributed by atoms with Gasteiger partial charge in [-0.3, -0.25) is 0 Å². The first-order valence-electron chi connectivity index (χ1n) is 5.70. The molecule has 0 aliphatic heterocycles. The van der Waals surface area contributed by atoms with Crippen molar-refractivity contribution in [2.24, 2.45) is 0 Å². The van der Waals surface area contributed by atoms with Gasteiger partial charge in [-0.1, -0.05) is 32.3 Å². The fraction of sp³-hybridized carbons (Fsp3) is 0.833. The van der Waals surface area contributed by atoms with E-state index in [4.69, 9.17) is 9.84 Å². The quantitative estimate of drug-likeness (QED) is 0.429. The van der Waals surface area contributed by atoms with Crippen molar-refractivity contribution in [3.05, 3.63) is 12.3 Å². The summed E-state index contributed by atoms with van der Waals surface area (Å²) in [5.41, 5.74) is 0. The maximum absolute atomic E-state index is 8.24. The maximum Gasteiger partial charge on any atom is 1.00 e. The summed E-state index contributed by atoms with van der Waals surface area (Å²) in [6, 6.07) is 0. The number of unbranched alkanes of at least 4 members (excludes halogenated alkanes) is 4. The van der Waals surface area contributed by atoms with E-state index < -0.39 is 0 Å². The molecule has 0 aromatic carbocycles. The van der Waals surface area contributed by atoms with E-state index in [-0.39, 0.29) is 37.4 Å². The molecule has 0 unspecified atom stereocenters. The van der Waals surface area contributed by atoms with Gasteiger partial charge in [0, 0.05) is 30.3 Å². The van der Waals surface area contributed by atoms with E-state index in [1.807, 2.05) is 13.8 Å². The molecule has 4 heteroatoms. The molecule has 0 aromatic heterocycles. The number of aliphatic hydroxyl groups excluding tert-OH is 1. The Bertz CT molecular complexity index is 115. The fourth-order valence-corrected chi connectivity index (χ4v) is 0.968. The Morgan fingerprint density at radius 2 is 1.62 bits per heavy atom. The maximum atomic E-state index is 8.24. The molecule has 1 N–H and O–H groups in total. The Hall–Kier alpha value is 0.617. The van der Waals surface area contributed by atoms with E-state index in [2.05, 4.69) is 6.92 Å². The zero-order chi connectivity index (χ0) is 11.1. The average molecular weight is 274 g/mol. The molecular formula is C12H27CuLiO2. The van der Waals surface area contributed by atoms with Crippen molar-refractivity contribution in [3.8, 4) is 0 Å². The molecule has 0 bridgehead atoms. The Kier molecular flexibility index (Phi) is 47.1. The van der Waals surface area contributed by atoms with Crippen LogP contribution in [0.3, 0.4) is 0 Å². The van der Waals surface area contributed by atoms with Gasteiger partial charge in [0.25, 0.3) is 0 Å². The van der Waals surface area contributed by atoms with Gasteiger partial charge in [-0.15, -0.1) is 0 Å². The molecular weight excluding hydrogens is 247 g/mol. The van der Waals surface area contributed by atoms with Crippen molar-refractivity contribution < 1.29 is 47.2 Å². The van der Waals surface area contributed by atoms with Crippen LogP contribution in [0.4, 0.5) is 0 Å². The van der Waals surface area contributed by atoms with Crippen molar-refractivity contribution >= 4 is 0 Å². The van der Waals surface area contributed by atoms with E-state index in [9.17, 15) is 0 Å². The number of hydrogen-bond donors (Lipinski definition) is 1. The molecule has 0 saturated carbocycles. The summed E-state index contributed by atoms with van der Waals surface area (Å²) in [5, 5.41) is 8.24. The van der Waals surface area contributed by atoms with Crippen molar-refractivity contribution in [3.63, 3.8) is 0 Å². The average Bonchev–Trinajstić information content (AvgIpc) is 2.20. The molecule has 1 radical (unpaired) electrons. The van der Waals surface area contributed by atoms with Gasteiger partial charge in [0.15, 0.2) is 0 Å². The van der Waals surface area contributed by atoms with Crippen LogP contribution in [0.25, 0.3) is 0 Å². The number of rotatable bonds is 7. The number of allylic oxidation sites excluding steroid dienone is 1. The fourth-order valence-electron chi connectivity index (χ4n) is 0.968. The second-order valence-corrected chi connectivity index (χ2v) is 3.02. The van der Waals surface area contributed by atoms with Gasteiger partial charge >= 0.3 is 18.9 Å². The Morgan fingerprint density at radius 3 is 1.94 bits per heavy atom. The third-order valence-electron chi connectivity index (χ3n) is 1.74. The summed E-state index contributed by atoms with van der Waals surface area (Å²) in [7, 11) is 0. The van der Waals surface area contributed by atoms with Crippen molar-refractivity contribution in [2.45, 2.75) is 52.9 Å². The summed E-state index contributed by atoms with van der Waals surface area (Å²) >= 11 is 0. The van der Waals surface area contributed by atoms with E-state index in [0.717, 1.165) is 25.9 Å². The van der Waals surface area contributed by atoms with Crippen LogP contribution in [0.1, 0.15) is 54.3 Å². The first-order valence-corrected chi connectivity index (χ1v) is 5.70. The molecule has 99 valence electrons. The third-order valence-corrected chi connectivity index (χ3v) is 1.74. The van der Waals surface area contributed by atoms with Crippen LogP contribution in [-0.4, -0.2) is 18.3 Å². The van der Waals surface area contributed by atoms with Gasteiger partial charge in [0.05, 0.1) is 6.26 Å². The molecule has 2 nitrogen and oxygen atoms in total. The monoisotopic (exact) mass is 273 g/mol. The Morgan fingerprint density at radius 1 is 1.06 bits per heavy atom. The number of hydrogen-bond acceptors (Lipinski definition) is 2. The molecule has 0 saturated heterocycles. The van der Waals surface area contributed by atoms with Gasteiger partial charge in [-0.25, -0.2) is 0 Å². The van der Waals surface area contributed by atoms with Gasteiger partial charge in [0.1, 0.15) is 0 Å².